The minimum atomic E-state index is -3.68. The first-order chi connectivity index (χ1) is 13.7. The molecule has 0 spiro atoms. The van der Waals surface area contributed by atoms with E-state index in [2.05, 4.69) is 6.07 Å². The highest BCUT2D eigenvalue weighted by atomic mass is 32.2. The molecule has 1 saturated heterocycles. The Morgan fingerprint density at radius 1 is 1.10 bits per heavy atom. The lowest BCUT2D eigenvalue weighted by Gasteiger charge is -2.34. The molecule has 1 amide bonds. The van der Waals surface area contributed by atoms with Gasteiger partial charge < -0.3 is 4.90 Å². The summed E-state index contributed by atoms with van der Waals surface area (Å²) in [7, 11) is -3.68. The highest BCUT2D eigenvalue weighted by Crippen LogP contribution is 2.28. The molecule has 0 bridgehead atoms. The molecule has 0 radical (unpaired) electrons. The van der Waals surface area contributed by atoms with Crippen molar-refractivity contribution in [3.63, 3.8) is 0 Å². The smallest absolute Gasteiger partial charge is 0.243 e. The Morgan fingerprint density at radius 2 is 1.72 bits per heavy atom. The molecule has 3 rings (SSSR count). The van der Waals surface area contributed by atoms with Crippen LogP contribution >= 0.6 is 0 Å². The molecule has 1 heterocycles. The van der Waals surface area contributed by atoms with E-state index in [4.69, 9.17) is 0 Å². The summed E-state index contributed by atoms with van der Waals surface area (Å²) in [5.74, 6) is -0.645. The van der Waals surface area contributed by atoms with Crippen molar-refractivity contribution in [1.82, 2.24) is 4.31 Å². The van der Waals surface area contributed by atoms with Crippen LogP contribution in [0.2, 0.25) is 0 Å². The van der Waals surface area contributed by atoms with Crippen LogP contribution < -0.4 is 4.90 Å². The summed E-state index contributed by atoms with van der Waals surface area (Å²) in [4.78, 5) is 15.0. The number of rotatable bonds is 5. The molecule has 2 aromatic rings. The monoisotopic (exact) mass is 418 g/mol. The predicted octanol–water partition coefficient (Wildman–Crippen LogP) is 3.90. The highest BCUT2D eigenvalue weighted by Gasteiger charge is 2.34. The molecule has 5 nitrogen and oxygen atoms in total. The summed E-state index contributed by atoms with van der Waals surface area (Å²) >= 11 is 0. The normalized spacial score (nSPS) is 16.0. The number of sulfonamides is 1. The van der Waals surface area contributed by atoms with Crippen LogP contribution in [0.4, 0.5) is 10.1 Å². The summed E-state index contributed by atoms with van der Waals surface area (Å²) in [6, 6.07) is 10.9. The van der Waals surface area contributed by atoms with Crippen molar-refractivity contribution in [2.45, 2.75) is 38.5 Å². The maximum atomic E-state index is 13.1. The topological polar surface area (TPSA) is 57.7 Å². The Hall–Kier alpha value is -2.25. The van der Waals surface area contributed by atoms with Gasteiger partial charge in [0.05, 0.1) is 4.90 Å². The van der Waals surface area contributed by atoms with E-state index in [1.165, 1.54) is 16.4 Å². The second-order valence-corrected chi connectivity index (χ2v) is 9.44. The number of amides is 1. The number of piperidine rings is 1. The van der Waals surface area contributed by atoms with Gasteiger partial charge in [-0.05, 0) is 69.5 Å². The molecule has 0 aromatic heterocycles. The van der Waals surface area contributed by atoms with E-state index in [0.717, 1.165) is 28.9 Å². The number of nitrogens with zero attached hydrogens (tertiary/aromatic N) is 2. The number of halogens is 1. The maximum Gasteiger partial charge on any atom is 0.243 e. The first-order valence-electron chi connectivity index (χ1n) is 9.88. The summed E-state index contributed by atoms with van der Waals surface area (Å²) in [6.07, 6.45) is 0.946. The van der Waals surface area contributed by atoms with E-state index in [-0.39, 0.29) is 29.8 Å². The second-order valence-electron chi connectivity index (χ2n) is 7.50. The molecule has 1 aliphatic rings. The van der Waals surface area contributed by atoms with Crippen molar-refractivity contribution < 1.29 is 17.6 Å². The Bertz CT molecular complexity index is 982. The number of carbonyl (C=O) groups is 1. The zero-order chi connectivity index (χ0) is 21.2. The zero-order valence-corrected chi connectivity index (χ0v) is 17.9. The number of anilines is 1. The molecule has 0 saturated carbocycles. The molecular formula is C22H27FN2O3S. The fraction of sp³-hybridized carbons (Fsp3) is 0.409. The van der Waals surface area contributed by atoms with Gasteiger partial charge in [0, 0.05) is 31.2 Å². The first kappa shape index (κ1) is 21.5. The van der Waals surface area contributed by atoms with Crippen LogP contribution in [0, 0.1) is 25.6 Å². The lowest BCUT2D eigenvalue weighted by atomic mass is 9.96. The van der Waals surface area contributed by atoms with Crippen LogP contribution in [0.25, 0.3) is 0 Å². The molecule has 29 heavy (non-hydrogen) atoms. The van der Waals surface area contributed by atoms with Gasteiger partial charge in [-0.1, -0.05) is 17.7 Å². The van der Waals surface area contributed by atoms with E-state index >= 15 is 0 Å². The second kappa shape index (κ2) is 8.63. The van der Waals surface area contributed by atoms with Gasteiger partial charge in [-0.15, -0.1) is 0 Å². The van der Waals surface area contributed by atoms with Crippen molar-refractivity contribution in [1.29, 1.82) is 0 Å². The largest absolute Gasteiger partial charge is 0.312 e. The third kappa shape index (κ3) is 4.51. The van der Waals surface area contributed by atoms with E-state index in [1.807, 2.05) is 32.9 Å². The summed E-state index contributed by atoms with van der Waals surface area (Å²) < 4.78 is 40.0. The standard InChI is InChI=1S/C22H27FN2O3S/c1-4-25(21-10-5-16(2)15-17(21)3)22(26)18-11-13-24(14-12-18)29(27,28)20-8-6-19(23)7-9-20/h5-10,15,18H,4,11-14H2,1-3H3. The Morgan fingerprint density at radius 3 is 2.28 bits per heavy atom. The highest BCUT2D eigenvalue weighted by molar-refractivity contribution is 7.89. The van der Waals surface area contributed by atoms with Crippen LogP contribution in [0.15, 0.2) is 47.4 Å². The molecule has 0 aliphatic carbocycles. The van der Waals surface area contributed by atoms with Gasteiger partial charge in [0.15, 0.2) is 0 Å². The Balaban J connectivity index is 1.70. The summed E-state index contributed by atoms with van der Waals surface area (Å²) in [6.45, 7) is 7.09. The lowest BCUT2D eigenvalue weighted by molar-refractivity contribution is -0.123. The molecule has 7 heteroatoms. The summed E-state index contributed by atoms with van der Waals surface area (Å²) in [5, 5.41) is 0. The molecule has 2 aromatic carbocycles. The average molecular weight is 419 g/mol. The molecular weight excluding hydrogens is 391 g/mol. The van der Waals surface area contributed by atoms with E-state index < -0.39 is 15.8 Å². The van der Waals surface area contributed by atoms with Gasteiger partial charge >= 0.3 is 0 Å². The molecule has 156 valence electrons. The lowest BCUT2D eigenvalue weighted by Crippen LogP contribution is -2.44. The average Bonchev–Trinajstić information content (AvgIpc) is 2.70. The molecule has 0 N–H and O–H groups in total. The molecule has 0 unspecified atom stereocenters. The first-order valence-corrected chi connectivity index (χ1v) is 11.3. The Kier molecular flexibility index (Phi) is 6.39. The maximum absolute atomic E-state index is 13.1. The number of aryl methyl sites for hydroxylation is 2. The molecule has 1 aliphatic heterocycles. The number of carbonyl (C=O) groups excluding carboxylic acids is 1. The van der Waals surface area contributed by atoms with Crippen molar-refractivity contribution in [3.05, 3.63) is 59.4 Å². The SMILES string of the molecule is CCN(C(=O)C1CCN(S(=O)(=O)c2ccc(F)cc2)CC1)c1ccc(C)cc1C. The minimum Gasteiger partial charge on any atom is -0.312 e. The fourth-order valence-corrected chi connectivity index (χ4v) is 5.34. The van der Waals surface area contributed by atoms with Gasteiger partial charge in [0.25, 0.3) is 0 Å². The van der Waals surface area contributed by atoms with Gasteiger partial charge in [-0.25, -0.2) is 12.8 Å². The van der Waals surface area contributed by atoms with Crippen molar-refractivity contribution in [2.75, 3.05) is 24.5 Å². The number of hydrogen-bond acceptors (Lipinski definition) is 3. The van der Waals surface area contributed by atoms with Crippen LogP contribution in [0.5, 0.6) is 0 Å². The van der Waals surface area contributed by atoms with Crippen molar-refractivity contribution >= 4 is 21.6 Å². The number of hydrogen-bond donors (Lipinski definition) is 0. The fourth-order valence-electron chi connectivity index (χ4n) is 3.87. The van der Waals surface area contributed by atoms with Crippen molar-refractivity contribution in [3.8, 4) is 0 Å². The third-order valence-electron chi connectivity index (χ3n) is 5.48. The quantitative estimate of drug-likeness (QED) is 0.740. The zero-order valence-electron chi connectivity index (χ0n) is 17.1. The van der Waals surface area contributed by atoms with Gasteiger partial charge in [0.2, 0.25) is 15.9 Å². The summed E-state index contributed by atoms with van der Waals surface area (Å²) in [5.41, 5.74) is 3.11. The van der Waals surface area contributed by atoms with Crippen LogP contribution in [-0.4, -0.2) is 38.3 Å². The van der Waals surface area contributed by atoms with E-state index in [0.29, 0.717) is 19.4 Å². The van der Waals surface area contributed by atoms with Crippen LogP contribution in [0.3, 0.4) is 0 Å². The van der Waals surface area contributed by atoms with Gasteiger partial charge in [-0.2, -0.15) is 4.31 Å². The van der Waals surface area contributed by atoms with E-state index in [1.54, 1.807) is 4.90 Å². The van der Waals surface area contributed by atoms with Crippen LogP contribution in [-0.2, 0) is 14.8 Å². The number of benzene rings is 2. The predicted molar refractivity (Wildman–Crippen MR) is 112 cm³/mol. The van der Waals surface area contributed by atoms with Crippen molar-refractivity contribution in [2.24, 2.45) is 5.92 Å². The minimum absolute atomic E-state index is 0.0401. The molecule has 0 atom stereocenters. The molecule has 1 fully saturated rings. The Labute approximate surface area is 172 Å². The van der Waals surface area contributed by atoms with Gasteiger partial charge in [0.1, 0.15) is 5.82 Å². The van der Waals surface area contributed by atoms with E-state index in [9.17, 15) is 17.6 Å². The third-order valence-corrected chi connectivity index (χ3v) is 7.39. The van der Waals surface area contributed by atoms with Gasteiger partial charge in [-0.3, -0.25) is 4.79 Å². The van der Waals surface area contributed by atoms with Crippen LogP contribution in [0.1, 0.15) is 30.9 Å².